The number of rotatable bonds is 12. The second-order valence-corrected chi connectivity index (χ2v) is 11.0. The number of carbonyl (C=O) groups is 1. The molecule has 2 rings (SSSR count). The Kier molecular flexibility index (Phi) is 9.06. The molecular weight excluding hydrogens is 710 g/mol. The predicted octanol–water partition coefficient (Wildman–Crippen LogP) is 7.16. The molecule has 43 heavy (non-hydrogen) atoms. The normalized spacial score (nSPS) is 14.9. The summed E-state index contributed by atoms with van der Waals surface area (Å²) in [5.41, 5.74) is -1.16. The van der Waals surface area contributed by atoms with Crippen LogP contribution in [-0.4, -0.2) is 66.1 Å². The minimum absolute atomic E-state index is 0.194. The maximum atomic E-state index is 14.1. The van der Waals surface area contributed by atoms with E-state index in [0.29, 0.717) is 29.6 Å². The molecule has 2 aromatic rings. The molecule has 0 fully saturated rings. The first-order chi connectivity index (χ1) is 18.9. The zero-order chi connectivity index (χ0) is 33.9. The average molecular weight is 718 g/mol. The lowest BCUT2D eigenvalue weighted by molar-refractivity contribution is -0.445. The molecule has 0 saturated heterocycles. The number of nitrogens with one attached hydrogen (secondary N) is 2. The second kappa shape index (κ2) is 10.7. The molecule has 6 nitrogen and oxygen atoms in total. The first-order valence-electron chi connectivity index (χ1n) is 9.98. The summed E-state index contributed by atoms with van der Waals surface area (Å²) in [5, 5.41) is -5.08. The fraction of sp³-hybridized carbons (Fsp3) is 0.444. The number of anilines is 2. The van der Waals surface area contributed by atoms with Gasteiger partial charge in [0.25, 0.3) is 10.0 Å². The lowest BCUT2D eigenvalue weighted by Gasteiger charge is -2.42. The third kappa shape index (κ3) is 5.64. The summed E-state index contributed by atoms with van der Waals surface area (Å²) in [5.74, 6) is -61.4. The molecular formula is C18H8ClF16N3O3S2. The molecule has 2 N–H and O–H groups in total. The number of thiazole rings is 1. The zero-order valence-corrected chi connectivity index (χ0v) is 21.8. The molecule has 244 valence electrons. The van der Waals surface area contributed by atoms with E-state index in [1.165, 1.54) is 5.38 Å². The maximum absolute atomic E-state index is 14.1. The Labute approximate surface area is 236 Å². The van der Waals surface area contributed by atoms with Crippen LogP contribution in [0.1, 0.15) is 0 Å². The molecule has 0 radical (unpaired) electrons. The van der Waals surface area contributed by atoms with Crippen molar-refractivity contribution in [2.45, 2.75) is 51.7 Å². The number of alkyl halides is 17. The van der Waals surface area contributed by atoms with Crippen LogP contribution in [0.25, 0.3) is 0 Å². The number of carbonyl (C=O) groups excluding carboxylic acids is 1. The monoisotopic (exact) mass is 717 g/mol. The molecule has 0 aliphatic rings. The standard InChI is InChI=1S/C18H8ClF16N3O3S2/c19-18(34,35)17(32,33)16(30,31)15(28,29)14(26,27)13(24,25)12(22,23)11(20,21)9(39)37-7-1-3-8(4-2-7)43(40,41)38-10-36-5-6-42-10/h1-6H,(H,36,38)(H,37,39). The number of nitrogens with zero attached hydrogens (tertiary/aromatic N) is 1. The van der Waals surface area contributed by atoms with E-state index < -0.39 is 73.4 Å². The Morgan fingerprint density at radius 2 is 1.12 bits per heavy atom. The van der Waals surface area contributed by atoms with Crippen molar-refractivity contribution in [2.75, 3.05) is 10.0 Å². The lowest BCUT2D eigenvalue weighted by atomic mass is 9.89. The van der Waals surface area contributed by atoms with Gasteiger partial charge in [0.15, 0.2) is 5.13 Å². The highest BCUT2D eigenvalue weighted by Gasteiger charge is 2.95. The molecule has 0 unspecified atom stereocenters. The molecule has 0 bridgehead atoms. The summed E-state index contributed by atoms with van der Waals surface area (Å²) in [6, 6.07) is 1.61. The van der Waals surface area contributed by atoms with Gasteiger partial charge in [0.2, 0.25) is 0 Å². The van der Waals surface area contributed by atoms with Gasteiger partial charge in [-0.1, -0.05) is 0 Å². The number of aromatic nitrogens is 1. The summed E-state index contributed by atoms with van der Waals surface area (Å²) < 4.78 is 243. The number of halogens is 17. The topological polar surface area (TPSA) is 88.2 Å². The average Bonchev–Trinajstić information content (AvgIpc) is 3.35. The summed E-state index contributed by atoms with van der Waals surface area (Å²) in [7, 11) is -4.47. The maximum Gasteiger partial charge on any atom is 0.393 e. The molecule has 0 aliphatic heterocycles. The van der Waals surface area contributed by atoms with Gasteiger partial charge < -0.3 is 5.32 Å². The number of amides is 1. The number of hydrogen-bond donors (Lipinski definition) is 2. The highest BCUT2D eigenvalue weighted by molar-refractivity contribution is 7.93. The largest absolute Gasteiger partial charge is 0.393 e. The predicted molar refractivity (Wildman–Crippen MR) is 113 cm³/mol. The van der Waals surface area contributed by atoms with E-state index in [4.69, 9.17) is 0 Å². The molecule has 0 aliphatic carbocycles. The lowest BCUT2D eigenvalue weighted by Crippen LogP contribution is -2.75. The van der Waals surface area contributed by atoms with Gasteiger partial charge in [-0.05, 0) is 35.9 Å². The smallest absolute Gasteiger partial charge is 0.321 e. The highest BCUT2D eigenvalue weighted by atomic mass is 35.5. The molecule has 1 amide bonds. The number of benzene rings is 1. The van der Waals surface area contributed by atoms with E-state index in [9.17, 15) is 83.5 Å². The van der Waals surface area contributed by atoms with Crippen LogP contribution in [0, 0.1) is 0 Å². The quantitative estimate of drug-likeness (QED) is 0.180. The van der Waals surface area contributed by atoms with Crippen LogP contribution < -0.4 is 10.0 Å². The van der Waals surface area contributed by atoms with E-state index in [1.807, 2.05) is 4.72 Å². The molecule has 1 heterocycles. The Bertz CT molecular complexity index is 1430. The SMILES string of the molecule is O=C(Nc1ccc(S(=O)(=O)Nc2nccs2)cc1)C(F)(F)C(F)(F)C(F)(F)C(F)(F)C(F)(F)C(F)(F)C(F)(F)C(F)(F)Cl. The van der Waals surface area contributed by atoms with Gasteiger partial charge in [0, 0.05) is 17.3 Å². The van der Waals surface area contributed by atoms with Crippen molar-refractivity contribution < 1.29 is 83.5 Å². The first-order valence-corrected chi connectivity index (χ1v) is 12.7. The van der Waals surface area contributed by atoms with Gasteiger partial charge in [-0.2, -0.15) is 70.2 Å². The van der Waals surface area contributed by atoms with Crippen molar-refractivity contribution in [3.8, 4) is 0 Å². The van der Waals surface area contributed by atoms with Gasteiger partial charge in [-0.3, -0.25) is 9.52 Å². The molecule has 0 atom stereocenters. The fourth-order valence-corrected chi connectivity index (χ4v) is 4.59. The van der Waals surface area contributed by atoms with Gasteiger partial charge in [0.1, 0.15) is 0 Å². The second-order valence-electron chi connectivity index (χ2n) is 7.94. The Balaban J connectivity index is 2.41. The minimum atomic E-state index is -8.72. The Morgan fingerprint density at radius 1 is 0.698 bits per heavy atom. The van der Waals surface area contributed by atoms with Crippen LogP contribution in [0.15, 0.2) is 40.7 Å². The molecule has 1 aromatic heterocycles. The number of sulfonamides is 1. The van der Waals surface area contributed by atoms with Gasteiger partial charge in [-0.25, -0.2) is 13.4 Å². The van der Waals surface area contributed by atoms with Crippen molar-refractivity contribution in [2.24, 2.45) is 0 Å². The summed E-state index contributed by atoms with van der Waals surface area (Å²) >= 11 is 4.21. The molecule has 0 spiro atoms. The summed E-state index contributed by atoms with van der Waals surface area (Å²) in [4.78, 5) is 14.5. The highest BCUT2D eigenvalue weighted by Crippen LogP contribution is 2.64. The third-order valence-corrected chi connectivity index (χ3v) is 7.49. The van der Waals surface area contributed by atoms with E-state index in [-0.39, 0.29) is 5.13 Å². The van der Waals surface area contributed by atoms with Crippen LogP contribution in [-0.2, 0) is 14.8 Å². The zero-order valence-electron chi connectivity index (χ0n) is 19.4. The van der Waals surface area contributed by atoms with Crippen LogP contribution in [0.3, 0.4) is 0 Å². The minimum Gasteiger partial charge on any atom is -0.321 e. The Hall–Kier alpha value is -2.76. The van der Waals surface area contributed by atoms with Gasteiger partial charge in [-0.15, -0.1) is 11.3 Å². The molecule has 0 saturated carbocycles. The van der Waals surface area contributed by atoms with Crippen molar-refractivity contribution in [1.29, 1.82) is 0 Å². The van der Waals surface area contributed by atoms with Crippen molar-refractivity contribution >= 4 is 49.7 Å². The van der Waals surface area contributed by atoms with Crippen molar-refractivity contribution in [1.82, 2.24) is 4.98 Å². The first kappa shape index (κ1) is 36.4. The van der Waals surface area contributed by atoms with E-state index >= 15 is 0 Å². The molecule has 1 aromatic carbocycles. The Morgan fingerprint density at radius 3 is 1.51 bits per heavy atom. The van der Waals surface area contributed by atoms with Crippen LogP contribution >= 0.6 is 22.9 Å². The van der Waals surface area contributed by atoms with Crippen LogP contribution in [0.2, 0.25) is 0 Å². The summed E-state index contributed by atoms with van der Waals surface area (Å²) in [6.07, 6.45) is 1.16. The molecule has 25 heteroatoms. The van der Waals surface area contributed by atoms with Crippen molar-refractivity contribution in [3.05, 3.63) is 35.8 Å². The van der Waals surface area contributed by atoms with Gasteiger partial charge in [0.05, 0.1) is 4.90 Å². The van der Waals surface area contributed by atoms with Gasteiger partial charge >= 0.3 is 52.7 Å². The third-order valence-electron chi connectivity index (χ3n) is 5.08. The number of hydrogen-bond acceptors (Lipinski definition) is 5. The van der Waals surface area contributed by atoms with Crippen LogP contribution in [0.5, 0.6) is 0 Å². The fourth-order valence-electron chi connectivity index (χ4n) is 2.68. The summed E-state index contributed by atoms with van der Waals surface area (Å²) in [6.45, 7) is 0. The van der Waals surface area contributed by atoms with E-state index in [2.05, 4.69) is 16.6 Å². The van der Waals surface area contributed by atoms with Crippen LogP contribution in [0.4, 0.5) is 81.1 Å². The van der Waals surface area contributed by atoms with E-state index in [0.717, 1.165) is 17.5 Å². The van der Waals surface area contributed by atoms with Crippen molar-refractivity contribution in [3.63, 3.8) is 0 Å². The van der Waals surface area contributed by atoms with E-state index in [1.54, 1.807) is 0 Å².